The Labute approximate surface area is 103 Å². The molecule has 90 valence electrons. The average Bonchev–Trinajstić information content (AvgIpc) is 2.29. The van der Waals surface area contributed by atoms with Crippen LogP contribution in [0.3, 0.4) is 0 Å². The third-order valence-corrected chi connectivity index (χ3v) is 3.28. The molecular formula is C16H19F. The molecule has 0 spiro atoms. The molecule has 0 atom stereocenters. The molecule has 0 heterocycles. The van der Waals surface area contributed by atoms with Crippen LogP contribution in [0.2, 0.25) is 0 Å². The van der Waals surface area contributed by atoms with E-state index in [1.54, 1.807) is 6.08 Å². The van der Waals surface area contributed by atoms with E-state index in [9.17, 15) is 4.39 Å². The molecule has 0 nitrogen and oxygen atoms in total. The van der Waals surface area contributed by atoms with Crippen molar-refractivity contribution in [3.05, 3.63) is 52.9 Å². The van der Waals surface area contributed by atoms with E-state index in [0.29, 0.717) is 0 Å². The van der Waals surface area contributed by atoms with Crippen molar-refractivity contribution < 1.29 is 4.39 Å². The molecule has 0 saturated carbocycles. The molecule has 0 fully saturated rings. The fraction of sp³-hybridized carbons (Fsp3) is 0.375. The smallest absolute Gasteiger partial charge is 0.122 e. The summed E-state index contributed by atoms with van der Waals surface area (Å²) in [6.45, 7) is 6.19. The van der Waals surface area contributed by atoms with Gasteiger partial charge in [0.05, 0.1) is 0 Å². The van der Waals surface area contributed by atoms with Crippen molar-refractivity contribution in [3.63, 3.8) is 0 Å². The summed E-state index contributed by atoms with van der Waals surface area (Å²) in [5, 5.41) is 0. The van der Waals surface area contributed by atoms with Gasteiger partial charge in [-0.25, -0.2) is 4.39 Å². The van der Waals surface area contributed by atoms with E-state index in [-0.39, 0.29) is 11.7 Å². The Bertz CT molecular complexity index is 461. The SMILES string of the molecule is Cc1ccc(C2=C(C(C)C)C(F)=CCC2)cc1. The van der Waals surface area contributed by atoms with Crippen molar-refractivity contribution in [3.8, 4) is 0 Å². The third kappa shape index (κ3) is 2.49. The van der Waals surface area contributed by atoms with E-state index in [0.717, 1.165) is 18.4 Å². The molecule has 0 amide bonds. The van der Waals surface area contributed by atoms with Crippen LogP contribution in [0.5, 0.6) is 0 Å². The van der Waals surface area contributed by atoms with Crippen LogP contribution < -0.4 is 0 Å². The first-order valence-corrected chi connectivity index (χ1v) is 6.25. The lowest BCUT2D eigenvalue weighted by atomic mass is 9.85. The fourth-order valence-electron chi connectivity index (χ4n) is 2.41. The van der Waals surface area contributed by atoms with Crippen LogP contribution in [0, 0.1) is 12.8 Å². The number of allylic oxidation sites excluding steroid dienone is 4. The molecule has 2 rings (SSSR count). The summed E-state index contributed by atoms with van der Waals surface area (Å²) in [4.78, 5) is 0. The molecule has 1 aliphatic rings. The van der Waals surface area contributed by atoms with Gasteiger partial charge < -0.3 is 0 Å². The van der Waals surface area contributed by atoms with Crippen molar-refractivity contribution in [2.75, 3.05) is 0 Å². The monoisotopic (exact) mass is 230 g/mol. The van der Waals surface area contributed by atoms with E-state index < -0.39 is 0 Å². The zero-order valence-corrected chi connectivity index (χ0v) is 10.8. The third-order valence-electron chi connectivity index (χ3n) is 3.28. The quantitative estimate of drug-likeness (QED) is 0.666. The largest absolute Gasteiger partial charge is 0.207 e. The molecule has 1 aromatic carbocycles. The summed E-state index contributed by atoms with van der Waals surface area (Å²) in [6.07, 6.45) is 3.47. The maximum Gasteiger partial charge on any atom is 0.122 e. The number of rotatable bonds is 2. The molecule has 0 aliphatic heterocycles. The van der Waals surface area contributed by atoms with Gasteiger partial charge in [-0.1, -0.05) is 43.7 Å². The average molecular weight is 230 g/mol. The predicted octanol–water partition coefficient (Wildman–Crippen LogP) is 5.05. The Morgan fingerprint density at radius 3 is 2.35 bits per heavy atom. The molecule has 1 aliphatic carbocycles. The second-order valence-corrected chi connectivity index (χ2v) is 5.00. The van der Waals surface area contributed by atoms with Gasteiger partial charge in [0.2, 0.25) is 0 Å². The van der Waals surface area contributed by atoms with Gasteiger partial charge >= 0.3 is 0 Å². The Kier molecular flexibility index (Phi) is 3.46. The van der Waals surface area contributed by atoms with E-state index in [4.69, 9.17) is 0 Å². The highest BCUT2D eigenvalue weighted by atomic mass is 19.1. The van der Waals surface area contributed by atoms with Gasteiger partial charge in [0.25, 0.3) is 0 Å². The van der Waals surface area contributed by atoms with Crippen LogP contribution in [0.25, 0.3) is 5.57 Å². The molecule has 0 radical (unpaired) electrons. The van der Waals surface area contributed by atoms with Crippen LogP contribution in [-0.2, 0) is 0 Å². The van der Waals surface area contributed by atoms with E-state index in [2.05, 4.69) is 45.0 Å². The van der Waals surface area contributed by atoms with Gasteiger partial charge in [-0.2, -0.15) is 0 Å². The summed E-state index contributed by atoms with van der Waals surface area (Å²) in [6, 6.07) is 8.39. The molecule has 0 bridgehead atoms. The number of halogens is 1. The number of hydrogen-bond acceptors (Lipinski definition) is 0. The van der Waals surface area contributed by atoms with E-state index in [1.807, 2.05) is 0 Å². The number of aryl methyl sites for hydroxylation is 1. The predicted molar refractivity (Wildman–Crippen MR) is 71.4 cm³/mol. The Morgan fingerprint density at radius 1 is 1.12 bits per heavy atom. The molecule has 1 heteroatoms. The van der Waals surface area contributed by atoms with Crippen molar-refractivity contribution in [1.29, 1.82) is 0 Å². The molecule has 0 N–H and O–H groups in total. The molecular weight excluding hydrogens is 211 g/mol. The minimum atomic E-state index is -0.0261. The topological polar surface area (TPSA) is 0 Å². The maximum atomic E-state index is 13.9. The lowest BCUT2D eigenvalue weighted by Crippen LogP contribution is -2.04. The summed E-state index contributed by atoms with van der Waals surface area (Å²) < 4.78 is 13.9. The lowest BCUT2D eigenvalue weighted by molar-refractivity contribution is 0.596. The van der Waals surface area contributed by atoms with Crippen LogP contribution >= 0.6 is 0 Å². The Hall–Kier alpha value is -1.37. The first-order valence-electron chi connectivity index (χ1n) is 6.25. The van der Waals surface area contributed by atoms with Crippen LogP contribution in [-0.4, -0.2) is 0 Å². The van der Waals surface area contributed by atoms with Crippen LogP contribution in [0.1, 0.15) is 37.8 Å². The Morgan fingerprint density at radius 2 is 1.76 bits per heavy atom. The summed E-state index contributed by atoms with van der Waals surface area (Å²) in [7, 11) is 0. The van der Waals surface area contributed by atoms with Gasteiger partial charge in [-0.3, -0.25) is 0 Å². The highest BCUT2D eigenvalue weighted by Crippen LogP contribution is 2.37. The van der Waals surface area contributed by atoms with E-state index >= 15 is 0 Å². The summed E-state index contributed by atoms with van der Waals surface area (Å²) in [5.41, 5.74) is 4.48. The van der Waals surface area contributed by atoms with Crippen LogP contribution in [0.4, 0.5) is 4.39 Å². The van der Waals surface area contributed by atoms with Gasteiger partial charge in [-0.15, -0.1) is 0 Å². The van der Waals surface area contributed by atoms with E-state index in [1.165, 1.54) is 16.7 Å². The fourth-order valence-corrected chi connectivity index (χ4v) is 2.41. The minimum absolute atomic E-state index is 0.0261. The zero-order valence-electron chi connectivity index (χ0n) is 10.8. The second-order valence-electron chi connectivity index (χ2n) is 5.00. The van der Waals surface area contributed by atoms with Crippen molar-refractivity contribution >= 4 is 5.57 Å². The first kappa shape index (κ1) is 12.1. The lowest BCUT2D eigenvalue weighted by Gasteiger charge is -2.21. The van der Waals surface area contributed by atoms with Crippen LogP contribution in [0.15, 0.2) is 41.7 Å². The summed E-state index contributed by atoms with van der Waals surface area (Å²) in [5.74, 6) is 0.213. The van der Waals surface area contributed by atoms with Gasteiger partial charge in [0.1, 0.15) is 5.83 Å². The number of benzene rings is 1. The maximum absolute atomic E-state index is 13.9. The molecule has 0 saturated heterocycles. The highest BCUT2D eigenvalue weighted by Gasteiger charge is 2.19. The minimum Gasteiger partial charge on any atom is -0.207 e. The Balaban J connectivity index is 2.50. The molecule has 17 heavy (non-hydrogen) atoms. The number of hydrogen-bond donors (Lipinski definition) is 0. The van der Waals surface area contributed by atoms with Gasteiger partial charge in [0, 0.05) is 0 Å². The molecule has 0 unspecified atom stereocenters. The first-order chi connectivity index (χ1) is 8.09. The standard InChI is InChI=1S/C16H19F/c1-11(2)16-14(5-4-6-15(16)17)13-9-7-12(3)8-10-13/h6-11H,4-5H2,1-3H3. The highest BCUT2D eigenvalue weighted by molar-refractivity contribution is 5.73. The van der Waals surface area contributed by atoms with Gasteiger partial charge in [-0.05, 0) is 48.5 Å². The normalized spacial score (nSPS) is 16.4. The zero-order chi connectivity index (χ0) is 12.4. The summed E-state index contributed by atoms with van der Waals surface area (Å²) >= 11 is 0. The molecule has 0 aromatic heterocycles. The van der Waals surface area contributed by atoms with Gasteiger partial charge in [0.15, 0.2) is 0 Å². The van der Waals surface area contributed by atoms with Crippen molar-refractivity contribution in [2.45, 2.75) is 33.6 Å². The van der Waals surface area contributed by atoms with Crippen molar-refractivity contribution in [1.82, 2.24) is 0 Å². The van der Waals surface area contributed by atoms with Crippen molar-refractivity contribution in [2.24, 2.45) is 5.92 Å². The second kappa shape index (κ2) is 4.87. The molecule has 1 aromatic rings.